The van der Waals surface area contributed by atoms with Crippen LogP contribution >= 0.6 is 0 Å². The van der Waals surface area contributed by atoms with Crippen LogP contribution in [0.5, 0.6) is 5.75 Å². The van der Waals surface area contributed by atoms with Gasteiger partial charge in [-0.05, 0) is 50.2 Å². The fourth-order valence-electron chi connectivity index (χ4n) is 3.15. The van der Waals surface area contributed by atoms with Crippen molar-refractivity contribution in [1.29, 1.82) is 0 Å². The van der Waals surface area contributed by atoms with Crippen LogP contribution in [0.4, 0.5) is 0 Å². The number of rotatable bonds is 10. The van der Waals surface area contributed by atoms with Crippen molar-refractivity contribution in [3.05, 3.63) is 47.5 Å². The summed E-state index contributed by atoms with van der Waals surface area (Å²) >= 11 is 0. The Bertz CT molecular complexity index is 807. The molecule has 0 amide bonds. The highest BCUT2D eigenvalue weighted by molar-refractivity contribution is 5.79. The normalized spacial score (nSPS) is 14.3. The molecule has 158 valence electrons. The first-order valence-corrected chi connectivity index (χ1v) is 10.8. The summed E-state index contributed by atoms with van der Waals surface area (Å²) in [6, 6.07) is 6.37. The smallest absolute Gasteiger partial charge is 0.191 e. The van der Waals surface area contributed by atoms with Gasteiger partial charge < -0.3 is 19.9 Å². The standard InChI is InChI=1S/C23H35N5O/c1-5-24-23(27-14-22-25-10-11-28(22)15-17(2)3)26-13-20-9-6-18(4)12-21(20)29-16-19-7-8-19/h6,9-12,17,19H,5,7-8,13-16H2,1-4H3,(H2,24,26,27). The second kappa shape index (κ2) is 10.3. The van der Waals surface area contributed by atoms with E-state index >= 15 is 0 Å². The van der Waals surface area contributed by atoms with E-state index in [4.69, 9.17) is 9.73 Å². The van der Waals surface area contributed by atoms with Gasteiger partial charge in [-0.1, -0.05) is 26.0 Å². The molecular weight excluding hydrogens is 362 g/mol. The Balaban J connectivity index is 1.64. The van der Waals surface area contributed by atoms with Crippen LogP contribution in [0.2, 0.25) is 0 Å². The third-order valence-corrected chi connectivity index (χ3v) is 4.92. The number of hydrogen-bond acceptors (Lipinski definition) is 3. The van der Waals surface area contributed by atoms with Crippen LogP contribution in [0, 0.1) is 18.8 Å². The van der Waals surface area contributed by atoms with Crippen LogP contribution in [0.15, 0.2) is 35.6 Å². The first kappa shape index (κ1) is 21.2. The lowest BCUT2D eigenvalue weighted by Crippen LogP contribution is -2.37. The van der Waals surface area contributed by atoms with Gasteiger partial charge in [-0.3, -0.25) is 0 Å². The number of ether oxygens (including phenoxy) is 1. The highest BCUT2D eigenvalue weighted by atomic mass is 16.5. The van der Waals surface area contributed by atoms with Gasteiger partial charge in [0.05, 0.1) is 19.7 Å². The lowest BCUT2D eigenvalue weighted by atomic mass is 10.1. The molecule has 1 saturated carbocycles. The largest absolute Gasteiger partial charge is 0.493 e. The molecule has 2 N–H and O–H groups in total. The molecule has 0 saturated heterocycles. The third kappa shape index (κ3) is 6.80. The lowest BCUT2D eigenvalue weighted by molar-refractivity contribution is 0.296. The highest BCUT2D eigenvalue weighted by Crippen LogP contribution is 2.30. The Labute approximate surface area is 174 Å². The van der Waals surface area contributed by atoms with Crippen molar-refractivity contribution in [2.24, 2.45) is 16.8 Å². The van der Waals surface area contributed by atoms with Gasteiger partial charge in [0, 0.05) is 31.0 Å². The number of aliphatic imine (C=N–C) groups is 1. The van der Waals surface area contributed by atoms with E-state index < -0.39 is 0 Å². The van der Waals surface area contributed by atoms with E-state index in [0.29, 0.717) is 19.0 Å². The fourth-order valence-corrected chi connectivity index (χ4v) is 3.15. The molecule has 1 aliphatic carbocycles. The number of nitrogens with one attached hydrogen (secondary N) is 2. The number of benzene rings is 1. The summed E-state index contributed by atoms with van der Waals surface area (Å²) < 4.78 is 8.28. The number of imidazole rings is 1. The molecule has 29 heavy (non-hydrogen) atoms. The van der Waals surface area contributed by atoms with Gasteiger partial charge in [-0.2, -0.15) is 0 Å². The maximum atomic E-state index is 6.08. The topological polar surface area (TPSA) is 63.5 Å². The number of aryl methyl sites for hydroxylation is 1. The molecule has 1 heterocycles. The Morgan fingerprint density at radius 1 is 1.31 bits per heavy atom. The average molecular weight is 398 g/mol. The summed E-state index contributed by atoms with van der Waals surface area (Å²) in [5, 5.41) is 6.74. The SMILES string of the molecule is CCNC(=NCc1ccc(C)cc1OCC1CC1)NCc1nccn1CC(C)C. The Kier molecular flexibility index (Phi) is 7.55. The van der Waals surface area contributed by atoms with E-state index in [1.165, 1.54) is 18.4 Å². The van der Waals surface area contributed by atoms with E-state index in [9.17, 15) is 0 Å². The third-order valence-electron chi connectivity index (χ3n) is 4.92. The van der Waals surface area contributed by atoms with Gasteiger partial charge in [0.25, 0.3) is 0 Å². The van der Waals surface area contributed by atoms with Gasteiger partial charge in [0.1, 0.15) is 11.6 Å². The summed E-state index contributed by atoms with van der Waals surface area (Å²) in [6.45, 7) is 12.4. The monoisotopic (exact) mass is 397 g/mol. The molecule has 0 bridgehead atoms. The zero-order chi connectivity index (χ0) is 20.6. The molecule has 0 atom stereocenters. The van der Waals surface area contributed by atoms with Gasteiger partial charge >= 0.3 is 0 Å². The molecule has 0 radical (unpaired) electrons. The van der Waals surface area contributed by atoms with Gasteiger partial charge in [-0.25, -0.2) is 9.98 Å². The highest BCUT2D eigenvalue weighted by Gasteiger charge is 2.22. The van der Waals surface area contributed by atoms with Crippen LogP contribution in [-0.4, -0.2) is 28.7 Å². The van der Waals surface area contributed by atoms with Crippen molar-refractivity contribution >= 4 is 5.96 Å². The molecule has 2 aromatic rings. The molecule has 0 spiro atoms. The van der Waals surface area contributed by atoms with Gasteiger partial charge in [0.15, 0.2) is 5.96 Å². The summed E-state index contributed by atoms with van der Waals surface area (Å²) in [7, 11) is 0. The molecule has 6 heteroatoms. The van der Waals surface area contributed by atoms with Crippen molar-refractivity contribution in [2.75, 3.05) is 13.2 Å². The van der Waals surface area contributed by atoms with Crippen LogP contribution in [0.25, 0.3) is 0 Å². The zero-order valence-corrected chi connectivity index (χ0v) is 18.2. The van der Waals surface area contributed by atoms with Crippen molar-refractivity contribution in [2.45, 2.75) is 60.2 Å². The maximum Gasteiger partial charge on any atom is 0.191 e. The Hall–Kier alpha value is -2.50. The second-order valence-electron chi connectivity index (χ2n) is 8.30. The van der Waals surface area contributed by atoms with Crippen LogP contribution < -0.4 is 15.4 Å². The van der Waals surface area contributed by atoms with E-state index in [-0.39, 0.29) is 0 Å². The zero-order valence-electron chi connectivity index (χ0n) is 18.2. The first-order valence-electron chi connectivity index (χ1n) is 10.8. The summed E-state index contributed by atoms with van der Waals surface area (Å²) in [6.07, 6.45) is 6.48. The molecule has 0 unspecified atom stereocenters. The molecule has 1 aliphatic rings. The van der Waals surface area contributed by atoms with Crippen molar-refractivity contribution in [3.8, 4) is 5.75 Å². The molecule has 1 aromatic carbocycles. The van der Waals surface area contributed by atoms with Crippen LogP contribution in [-0.2, 0) is 19.6 Å². The van der Waals surface area contributed by atoms with Crippen molar-refractivity contribution in [1.82, 2.24) is 20.2 Å². The second-order valence-corrected chi connectivity index (χ2v) is 8.30. The number of hydrogen-bond donors (Lipinski definition) is 2. The summed E-state index contributed by atoms with van der Waals surface area (Å²) in [5.41, 5.74) is 2.33. The Morgan fingerprint density at radius 2 is 2.14 bits per heavy atom. The van der Waals surface area contributed by atoms with Crippen molar-refractivity contribution in [3.63, 3.8) is 0 Å². The number of aromatic nitrogens is 2. The number of guanidine groups is 1. The molecule has 0 aliphatic heterocycles. The molecular formula is C23H35N5O. The minimum absolute atomic E-state index is 0.579. The molecule has 1 fully saturated rings. The fraction of sp³-hybridized carbons (Fsp3) is 0.565. The summed E-state index contributed by atoms with van der Waals surface area (Å²) in [4.78, 5) is 9.27. The average Bonchev–Trinajstić information content (AvgIpc) is 3.42. The van der Waals surface area contributed by atoms with E-state index in [1.54, 1.807) is 0 Å². The lowest BCUT2D eigenvalue weighted by Gasteiger charge is -2.15. The molecule has 3 rings (SSSR count). The van der Waals surface area contributed by atoms with E-state index in [0.717, 1.165) is 48.7 Å². The molecule has 1 aromatic heterocycles. The predicted molar refractivity (Wildman–Crippen MR) is 118 cm³/mol. The molecule has 6 nitrogen and oxygen atoms in total. The minimum atomic E-state index is 0.579. The summed E-state index contributed by atoms with van der Waals surface area (Å²) in [5.74, 6) is 4.10. The van der Waals surface area contributed by atoms with Crippen LogP contribution in [0.1, 0.15) is 50.6 Å². The first-order chi connectivity index (χ1) is 14.0. The quantitative estimate of drug-likeness (QED) is 0.472. The van der Waals surface area contributed by atoms with Gasteiger partial charge in [-0.15, -0.1) is 0 Å². The Morgan fingerprint density at radius 3 is 2.86 bits per heavy atom. The van der Waals surface area contributed by atoms with Crippen LogP contribution in [0.3, 0.4) is 0 Å². The number of nitrogens with zero attached hydrogens (tertiary/aromatic N) is 3. The predicted octanol–water partition coefficient (Wildman–Crippen LogP) is 3.89. The van der Waals surface area contributed by atoms with Gasteiger partial charge in [0.2, 0.25) is 0 Å². The van der Waals surface area contributed by atoms with E-state index in [2.05, 4.69) is 66.1 Å². The van der Waals surface area contributed by atoms with Crippen molar-refractivity contribution < 1.29 is 4.74 Å². The van der Waals surface area contributed by atoms with E-state index in [1.807, 2.05) is 12.4 Å². The maximum absolute atomic E-state index is 6.08. The minimum Gasteiger partial charge on any atom is -0.493 e.